The summed E-state index contributed by atoms with van der Waals surface area (Å²) in [5, 5.41) is 10.5. The number of rotatable bonds is 4. The first-order valence-corrected chi connectivity index (χ1v) is 7.31. The molecule has 3 rings (SSSR count). The molecule has 1 aromatic carbocycles. The van der Waals surface area contributed by atoms with E-state index in [9.17, 15) is 0 Å². The number of nitrogens with zero attached hydrogens (tertiary/aromatic N) is 2. The van der Waals surface area contributed by atoms with Crippen LogP contribution in [0.5, 0.6) is 0 Å². The van der Waals surface area contributed by atoms with Gasteiger partial charge in [-0.2, -0.15) is 5.10 Å². The van der Waals surface area contributed by atoms with E-state index in [0.717, 1.165) is 29.4 Å². The maximum atomic E-state index is 4.35. The van der Waals surface area contributed by atoms with Gasteiger partial charge in [-0.1, -0.05) is 12.1 Å². The van der Waals surface area contributed by atoms with Crippen LogP contribution in [0.2, 0.25) is 0 Å². The number of hydrogen-bond donors (Lipinski definition) is 2. The summed E-state index contributed by atoms with van der Waals surface area (Å²) in [6.45, 7) is 4.87. The third-order valence-corrected chi connectivity index (χ3v) is 3.98. The van der Waals surface area contributed by atoms with Crippen molar-refractivity contribution in [3.63, 3.8) is 0 Å². The first-order chi connectivity index (χ1) is 9.70. The van der Waals surface area contributed by atoms with Gasteiger partial charge in [-0.25, -0.2) is 4.98 Å². The third kappa shape index (κ3) is 2.88. The Hall–Kier alpha value is -2.14. The molecular formula is C15H16N4S. The van der Waals surface area contributed by atoms with E-state index in [4.69, 9.17) is 0 Å². The molecular weight excluding hydrogens is 268 g/mol. The topological polar surface area (TPSA) is 53.6 Å². The molecule has 2 N–H and O–H groups in total. The molecule has 0 aliphatic carbocycles. The predicted molar refractivity (Wildman–Crippen MR) is 82.9 cm³/mol. The van der Waals surface area contributed by atoms with Crippen LogP contribution in [-0.2, 0) is 6.54 Å². The van der Waals surface area contributed by atoms with Crippen LogP contribution in [0.1, 0.15) is 15.6 Å². The highest BCUT2D eigenvalue weighted by Crippen LogP contribution is 2.21. The van der Waals surface area contributed by atoms with E-state index in [0.29, 0.717) is 0 Å². The maximum Gasteiger partial charge on any atom is 0.181 e. The lowest BCUT2D eigenvalue weighted by molar-refractivity contribution is 1.04. The standard InChI is InChI=1S/C15H16N4S/c1-10-6-7-14(20-10)9-16-13-5-3-4-12(8-13)15-17-11(2)18-19-15/h3-8,16H,9H2,1-2H3,(H,17,18,19). The Kier molecular flexibility index (Phi) is 3.52. The van der Waals surface area contributed by atoms with E-state index < -0.39 is 0 Å². The van der Waals surface area contributed by atoms with Gasteiger partial charge in [0.05, 0.1) is 0 Å². The SMILES string of the molecule is Cc1nc(-c2cccc(NCc3ccc(C)s3)c2)n[nH]1. The van der Waals surface area contributed by atoms with E-state index >= 15 is 0 Å². The summed E-state index contributed by atoms with van der Waals surface area (Å²) in [7, 11) is 0. The van der Waals surface area contributed by atoms with Crippen LogP contribution >= 0.6 is 11.3 Å². The lowest BCUT2D eigenvalue weighted by Crippen LogP contribution is -1.97. The molecule has 102 valence electrons. The molecule has 0 amide bonds. The number of aromatic nitrogens is 3. The van der Waals surface area contributed by atoms with Crippen LogP contribution < -0.4 is 5.32 Å². The molecule has 0 saturated heterocycles. The fraction of sp³-hybridized carbons (Fsp3) is 0.200. The smallest absolute Gasteiger partial charge is 0.181 e. The van der Waals surface area contributed by atoms with Crippen molar-refractivity contribution < 1.29 is 0 Å². The van der Waals surface area contributed by atoms with E-state index in [-0.39, 0.29) is 0 Å². The van der Waals surface area contributed by atoms with Gasteiger partial charge < -0.3 is 5.32 Å². The molecule has 0 saturated carbocycles. The summed E-state index contributed by atoms with van der Waals surface area (Å²) >= 11 is 1.82. The molecule has 0 aliphatic rings. The van der Waals surface area contributed by atoms with Crippen molar-refractivity contribution in [1.82, 2.24) is 15.2 Å². The highest BCUT2D eigenvalue weighted by Gasteiger charge is 2.04. The summed E-state index contributed by atoms with van der Waals surface area (Å²) in [5.41, 5.74) is 2.10. The van der Waals surface area contributed by atoms with Crippen molar-refractivity contribution in [1.29, 1.82) is 0 Å². The van der Waals surface area contributed by atoms with Gasteiger partial charge >= 0.3 is 0 Å². The monoisotopic (exact) mass is 284 g/mol. The molecule has 5 heteroatoms. The Morgan fingerprint density at radius 2 is 2.10 bits per heavy atom. The van der Waals surface area contributed by atoms with Crippen LogP contribution in [0.3, 0.4) is 0 Å². The van der Waals surface area contributed by atoms with Gasteiger partial charge in [0.1, 0.15) is 5.82 Å². The van der Waals surface area contributed by atoms with Gasteiger partial charge in [0, 0.05) is 27.5 Å². The lowest BCUT2D eigenvalue weighted by Gasteiger charge is -2.06. The van der Waals surface area contributed by atoms with Crippen molar-refractivity contribution in [3.05, 3.63) is 52.0 Å². The van der Waals surface area contributed by atoms with Crippen LogP contribution in [0.25, 0.3) is 11.4 Å². The molecule has 4 nitrogen and oxygen atoms in total. The number of H-pyrrole nitrogens is 1. The Bertz CT molecular complexity index is 714. The predicted octanol–water partition coefficient (Wildman–Crippen LogP) is 3.76. The highest BCUT2D eigenvalue weighted by molar-refractivity contribution is 7.11. The van der Waals surface area contributed by atoms with Crippen LogP contribution in [0, 0.1) is 13.8 Å². The minimum atomic E-state index is 0.734. The van der Waals surface area contributed by atoms with Gasteiger partial charge in [0.15, 0.2) is 5.82 Å². The lowest BCUT2D eigenvalue weighted by atomic mass is 10.2. The first-order valence-electron chi connectivity index (χ1n) is 6.49. The number of thiophene rings is 1. The van der Waals surface area contributed by atoms with E-state index in [1.165, 1.54) is 9.75 Å². The van der Waals surface area contributed by atoms with Crippen molar-refractivity contribution in [2.45, 2.75) is 20.4 Å². The fourth-order valence-electron chi connectivity index (χ4n) is 2.01. The molecule has 0 atom stereocenters. The van der Waals surface area contributed by atoms with Crippen molar-refractivity contribution in [2.24, 2.45) is 0 Å². The second kappa shape index (κ2) is 5.46. The Morgan fingerprint density at radius 3 is 2.80 bits per heavy atom. The molecule has 0 fully saturated rings. The molecule has 0 aliphatic heterocycles. The molecule has 0 radical (unpaired) electrons. The van der Waals surface area contributed by atoms with Gasteiger partial charge in [-0.05, 0) is 38.1 Å². The number of aromatic amines is 1. The Balaban J connectivity index is 1.74. The molecule has 0 spiro atoms. The summed E-state index contributed by atoms with van der Waals surface area (Å²) in [4.78, 5) is 7.03. The second-order valence-corrected chi connectivity index (χ2v) is 6.06. The number of aryl methyl sites for hydroxylation is 2. The molecule has 0 unspecified atom stereocenters. The second-order valence-electron chi connectivity index (χ2n) is 4.69. The number of nitrogens with one attached hydrogen (secondary N) is 2. The summed E-state index contributed by atoms with van der Waals surface area (Å²) in [5.74, 6) is 1.56. The minimum Gasteiger partial charge on any atom is -0.380 e. The highest BCUT2D eigenvalue weighted by atomic mass is 32.1. The first kappa shape index (κ1) is 12.9. The number of hydrogen-bond acceptors (Lipinski definition) is 4. The molecule has 0 bridgehead atoms. The average Bonchev–Trinajstić information content (AvgIpc) is 3.06. The Morgan fingerprint density at radius 1 is 1.20 bits per heavy atom. The van der Waals surface area contributed by atoms with Crippen molar-refractivity contribution in [2.75, 3.05) is 5.32 Å². The number of anilines is 1. The largest absolute Gasteiger partial charge is 0.380 e. The zero-order chi connectivity index (χ0) is 13.9. The molecule has 2 aromatic heterocycles. The number of benzene rings is 1. The van der Waals surface area contributed by atoms with E-state index in [1.807, 2.05) is 30.4 Å². The van der Waals surface area contributed by atoms with Crippen molar-refractivity contribution in [3.8, 4) is 11.4 Å². The van der Waals surface area contributed by atoms with Crippen molar-refractivity contribution >= 4 is 17.0 Å². The van der Waals surface area contributed by atoms with Gasteiger partial charge in [-0.15, -0.1) is 11.3 Å². The van der Waals surface area contributed by atoms with Crippen LogP contribution in [-0.4, -0.2) is 15.2 Å². The summed E-state index contributed by atoms with van der Waals surface area (Å²) < 4.78 is 0. The third-order valence-electron chi connectivity index (χ3n) is 2.98. The van der Waals surface area contributed by atoms with Gasteiger partial charge in [-0.3, -0.25) is 5.10 Å². The van der Waals surface area contributed by atoms with Gasteiger partial charge in [0.2, 0.25) is 0 Å². The summed E-state index contributed by atoms with van der Waals surface area (Å²) in [6, 6.07) is 12.5. The summed E-state index contributed by atoms with van der Waals surface area (Å²) in [6.07, 6.45) is 0. The molecule has 3 aromatic rings. The average molecular weight is 284 g/mol. The Labute approximate surface area is 121 Å². The zero-order valence-electron chi connectivity index (χ0n) is 11.5. The molecule has 20 heavy (non-hydrogen) atoms. The van der Waals surface area contributed by atoms with E-state index in [2.05, 4.69) is 51.7 Å². The van der Waals surface area contributed by atoms with Crippen LogP contribution in [0.4, 0.5) is 5.69 Å². The quantitative estimate of drug-likeness (QED) is 0.767. The normalized spacial score (nSPS) is 10.7. The van der Waals surface area contributed by atoms with Gasteiger partial charge in [0.25, 0.3) is 0 Å². The minimum absolute atomic E-state index is 0.734. The fourth-order valence-corrected chi connectivity index (χ4v) is 2.84. The maximum absolute atomic E-state index is 4.35. The van der Waals surface area contributed by atoms with E-state index in [1.54, 1.807) is 0 Å². The zero-order valence-corrected chi connectivity index (χ0v) is 12.3. The van der Waals surface area contributed by atoms with Crippen LogP contribution in [0.15, 0.2) is 36.4 Å². The molecule has 2 heterocycles.